The first-order valence-corrected chi connectivity index (χ1v) is 9.14. The third kappa shape index (κ3) is 3.42. The zero-order valence-electron chi connectivity index (χ0n) is 13.8. The Bertz CT molecular complexity index is 1100. The van der Waals surface area contributed by atoms with Gasteiger partial charge in [0.25, 0.3) is 5.56 Å². The van der Waals surface area contributed by atoms with Crippen molar-refractivity contribution in [1.29, 1.82) is 0 Å². The Morgan fingerprint density at radius 1 is 1.27 bits per heavy atom. The van der Waals surface area contributed by atoms with E-state index in [4.69, 9.17) is 11.6 Å². The molecule has 0 bridgehead atoms. The first kappa shape index (κ1) is 18.3. The van der Waals surface area contributed by atoms with Gasteiger partial charge in [-0.25, -0.2) is 9.18 Å². The molecule has 136 valence electrons. The van der Waals surface area contributed by atoms with Crippen LogP contribution in [0.3, 0.4) is 0 Å². The van der Waals surface area contributed by atoms with E-state index in [0.717, 1.165) is 10.6 Å². The number of rotatable bonds is 5. The molecule has 0 aliphatic carbocycles. The molecule has 1 amide bonds. The van der Waals surface area contributed by atoms with Crippen LogP contribution >= 0.6 is 22.9 Å². The fourth-order valence-corrected chi connectivity index (χ4v) is 3.65. The average molecular weight is 396 g/mol. The van der Waals surface area contributed by atoms with E-state index in [1.807, 2.05) is 6.92 Å². The van der Waals surface area contributed by atoms with E-state index in [0.29, 0.717) is 22.3 Å². The summed E-state index contributed by atoms with van der Waals surface area (Å²) in [7, 11) is 0. The molecule has 0 radical (unpaired) electrons. The Labute approximate surface area is 156 Å². The lowest BCUT2D eigenvalue weighted by Crippen LogP contribution is -2.41. The number of thiophene rings is 1. The number of nitrogens with zero attached hydrogens (tertiary/aromatic N) is 2. The Kier molecular flexibility index (Phi) is 5.24. The normalized spacial score (nSPS) is 11.0. The number of aromatic nitrogens is 2. The fourth-order valence-electron chi connectivity index (χ4n) is 2.62. The molecule has 9 heteroatoms. The lowest BCUT2D eigenvalue weighted by atomic mass is 10.3. The van der Waals surface area contributed by atoms with Crippen LogP contribution in [0, 0.1) is 5.82 Å². The molecular weight excluding hydrogens is 381 g/mol. The predicted molar refractivity (Wildman–Crippen MR) is 101 cm³/mol. The van der Waals surface area contributed by atoms with E-state index in [1.54, 1.807) is 11.4 Å². The lowest BCUT2D eigenvalue weighted by molar-refractivity contribution is -0.116. The lowest BCUT2D eigenvalue weighted by Gasteiger charge is -2.12. The van der Waals surface area contributed by atoms with Crippen molar-refractivity contribution in [2.75, 3.05) is 5.32 Å². The number of carbonyl (C=O) groups excluding carboxylic acids is 1. The van der Waals surface area contributed by atoms with Crippen LogP contribution in [0.25, 0.3) is 10.2 Å². The van der Waals surface area contributed by atoms with Gasteiger partial charge < -0.3 is 5.32 Å². The van der Waals surface area contributed by atoms with Gasteiger partial charge in [-0.3, -0.25) is 18.7 Å². The van der Waals surface area contributed by atoms with E-state index in [9.17, 15) is 18.8 Å². The van der Waals surface area contributed by atoms with Crippen molar-refractivity contribution in [1.82, 2.24) is 9.13 Å². The van der Waals surface area contributed by atoms with Gasteiger partial charge in [0.2, 0.25) is 5.91 Å². The Morgan fingerprint density at radius 3 is 2.73 bits per heavy atom. The van der Waals surface area contributed by atoms with Crippen molar-refractivity contribution in [3.05, 3.63) is 61.3 Å². The summed E-state index contributed by atoms with van der Waals surface area (Å²) in [6.07, 6.45) is 0.617. The number of halogens is 2. The van der Waals surface area contributed by atoms with E-state index in [2.05, 4.69) is 5.32 Å². The molecule has 2 aromatic heterocycles. The molecule has 3 rings (SSSR count). The van der Waals surface area contributed by atoms with Crippen LogP contribution in [0.4, 0.5) is 10.1 Å². The Balaban J connectivity index is 1.96. The Hall–Kier alpha value is -2.45. The van der Waals surface area contributed by atoms with E-state index in [1.165, 1.54) is 28.0 Å². The van der Waals surface area contributed by atoms with Gasteiger partial charge in [0.15, 0.2) is 0 Å². The summed E-state index contributed by atoms with van der Waals surface area (Å²) in [5.74, 6) is -1.07. The predicted octanol–water partition coefficient (Wildman–Crippen LogP) is 3.07. The largest absolute Gasteiger partial charge is 0.332 e. The van der Waals surface area contributed by atoms with Crippen molar-refractivity contribution in [2.24, 2.45) is 0 Å². The van der Waals surface area contributed by atoms with Gasteiger partial charge in [-0.2, -0.15) is 0 Å². The summed E-state index contributed by atoms with van der Waals surface area (Å²) >= 11 is 6.93. The highest BCUT2D eigenvalue weighted by atomic mass is 35.5. The molecule has 0 spiro atoms. The molecule has 6 nitrogen and oxygen atoms in total. The van der Waals surface area contributed by atoms with Crippen molar-refractivity contribution in [3.8, 4) is 0 Å². The van der Waals surface area contributed by atoms with Crippen LogP contribution in [0.1, 0.15) is 13.3 Å². The number of fused-ring (bicyclic) bond motifs is 1. The van der Waals surface area contributed by atoms with E-state index in [-0.39, 0.29) is 23.7 Å². The molecule has 0 fully saturated rings. The molecule has 2 heterocycles. The maximum atomic E-state index is 13.2. The second kappa shape index (κ2) is 7.43. The summed E-state index contributed by atoms with van der Waals surface area (Å²) in [6.45, 7) is 1.87. The van der Waals surface area contributed by atoms with Gasteiger partial charge in [-0.05, 0) is 36.1 Å². The molecule has 0 aliphatic heterocycles. The molecule has 0 atom stereocenters. The van der Waals surface area contributed by atoms with Crippen molar-refractivity contribution >= 4 is 44.7 Å². The molecule has 0 unspecified atom stereocenters. The summed E-state index contributed by atoms with van der Waals surface area (Å²) < 4.78 is 16.0. The fraction of sp³-hybridized carbons (Fsp3) is 0.235. The second-order valence-electron chi connectivity index (χ2n) is 5.64. The summed E-state index contributed by atoms with van der Waals surface area (Å²) in [5.41, 5.74) is -0.138. The maximum absolute atomic E-state index is 13.2. The second-order valence-corrected chi connectivity index (χ2v) is 6.96. The van der Waals surface area contributed by atoms with E-state index < -0.39 is 17.4 Å². The molecule has 0 saturated carbocycles. The topological polar surface area (TPSA) is 73.1 Å². The van der Waals surface area contributed by atoms with Gasteiger partial charge in [0.1, 0.15) is 17.1 Å². The zero-order valence-corrected chi connectivity index (χ0v) is 15.4. The van der Waals surface area contributed by atoms with Crippen LogP contribution in [0.2, 0.25) is 5.02 Å². The van der Waals surface area contributed by atoms with Crippen molar-refractivity contribution in [2.45, 2.75) is 26.4 Å². The maximum Gasteiger partial charge on any atom is 0.332 e. The van der Waals surface area contributed by atoms with Gasteiger partial charge in [0.05, 0.1) is 10.5 Å². The highest BCUT2D eigenvalue weighted by molar-refractivity contribution is 7.17. The van der Waals surface area contributed by atoms with Gasteiger partial charge in [-0.1, -0.05) is 18.5 Å². The first-order valence-electron chi connectivity index (χ1n) is 7.88. The number of hydrogen-bond acceptors (Lipinski definition) is 4. The summed E-state index contributed by atoms with van der Waals surface area (Å²) in [6, 6.07) is 5.44. The quantitative estimate of drug-likeness (QED) is 0.721. The number of hydrogen-bond donors (Lipinski definition) is 1. The number of amides is 1. The molecule has 0 saturated heterocycles. The van der Waals surface area contributed by atoms with Crippen molar-refractivity contribution in [3.63, 3.8) is 0 Å². The van der Waals surface area contributed by atoms with Gasteiger partial charge in [-0.15, -0.1) is 11.3 Å². The number of nitrogens with one attached hydrogen (secondary N) is 1. The molecule has 1 N–H and O–H groups in total. The zero-order chi connectivity index (χ0) is 18.8. The standard InChI is InChI=1S/C17H15ClFN3O3S/c1-2-6-21-16(24)15-13(5-7-26-15)22(17(21)25)9-14(23)20-10-3-4-12(19)11(18)8-10/h3-5,7-8H,2,6,9H2,1H3,(H,20,23). The average Bonchev–Trinajstić information content (AvgIpc) is 3.08. The minimum Gasteiger partial charge on any atom is -0.324 e. The number of benzene rings is 1. The molecule has 26 heavy (non-hydrogen) atoms. The number of anilines is 1. The first-order chi connectivity index (χ1) is 12.4. The van der Waals surface area contributed by atoms with Crippen LogP contribution in [0.5, 0.6) is 0 Å². The Morgan fingerprint density at radius 2 is 2.04 bits per heavy atom. The van der Waals surface area contributed by atoms with Gasteiger partial charge in [0, 0.05) is 12.2 Å². The van der Waals surface area contributed by atoms with Gasteiger partial charge >= 0.3 is 5.69 Å². The minimum absolute atomic E-state index is 0.114. The van der Waals surface area contributed by atoms with Crippen LogP contribution in [-0.4, -0.2) is 15.0 Å². The third-order valence-corrected chi connectivity index (χ3v) is 4.97. The summed E-state index contributed by atoms with van der Waals surface area (Å²) in [4.78, 5) is 37.4. The minimum atomic E-state index is -0.590. The smallest absolute Gasteiger partial charge is 0.324 e. The SMILES string of the molecule is CCCn1c(=O)c2sccc2n(CC(=O)Nc2ccc(F)c(Cl)c2)c1=O. The van der Waals surface area contributed by atoms with Crippen LogP contribution < -0.4 is 16.6 Å². The van der Waals surface area contributed by atoms with E-state index >= 15 is 0 Å². The third-order valence-electron chi connectivity index (χ3n) is 3.79. The molecular formula is C17H15ClFN3O3S. The van der Waals surface area contributed by atoms with Crippen molar-refractivity contribution < 1.29 is 9.18 Å². The monoisotopic (exact) mass is 395 g/mol. The highest BCUT2D eigenvalue weighted by Crippen LogP contribution is 2.20. The van der Waals surface area contributed by atoms with Crippen LogP contribution in [-0.2, 0) is 17.9 Å². The van der Waals surface area contributed by atoms with Crippen LogP contribution in [0.15, 0.2) is 39.2 Å². The number of carbonyl (C=O) groups is 1. The summed E-state index contributed by atoms with van der Waals surface area (Å²) in [5, 5.41) is 4.17. The highest BCUT2D eigenvalue weighted by Gasteiger charge is 2.16. The molecule has 0 aliphatic rings. The molecule has 1 aromatic carbocycles. The molecule has 3 aromatic rings.